The zero-order valence-electron chi connectivity index (χ0n) is 14.5. The van der Waals surface area contributed by atoms with Crippen LogP contribution in [-0.4, -0.2) is 76.1 Å². The fourth-order valence-corrected chi connectivity index (χ4v) is 2.77. The van der Waals surface area contributed by atoms with Crippen LogP contribution < -0.4 is 5.43 Å². The number of phenolic OH excluding ortho intramolecular Hbond substituents is 1. The molecular formula is C17H19N6O3+. The van der Waals surface area contributed by atoms with E-state index in [1.807, 2.05) is 0 Å². The van der Waals surface area contributed by atoms with Crippen LogP contribution in [0.25, 0.3) is 0 Å². The van der Waals surface area contributed by atoms with Crippen LogP contribution in [0.15, 0.2) is 47.0 Å². The van der Waals surface area contributed by atoms with Gasteiger partial charge in [0.05, 0.1) is 12.8 Å². The number of phenols is 1. The van der Waals surface area contributed by atoms with Crippen molar-refractivity contribution >= 4 is 29.9 Å². The Labute approximate surface area is 150 Å². The number of hydrazone groups is 1. The summed E-state index contributed by atoms with van der Waals surface area (Å²) >= 11 is 0. The minimum atomic E-state index is -0.719. The molecular weight excluding hydrogens is 336 g/mol. The molecule has 2 heterocycles. The Morgan fingerprint density at radius 2 is 2.08 bits per heavy atom. The number of nitrogens with zero attached hydrogens (tertiary/aromatic N) is 5. The highest BCUT2D eigenvalue weighted by Crippen LogP contribution is 2.18. The largest absolute Gasteiger partial charge is 0.507 e. The van der Waals surface area contributed by atoms with Crippen LogP contribution in [-0.2, 0) is 4.79 Å². The number of aliphatic imine (C=N–C) groups is 1. The van der Waals surface area contributed by atoms with E-state index in [4.69, 9.17) is 0 Å². The molecule has 1 fully saturated rings. The number of likely N-dealkylation sites (N-methyl/N-ethyl adjacent to an activating group) is 2. The van der Waals surface area contributed by atoms with Gasteiger partial charge in [-0.25, -0.2) is 9.37 Å². The van der Waals surface area contributed by atoms with Crippen molar-refractivity contribution in [3.8, 4) is 5.75 Å². The Balaban J connectivity index is 1.91. The molecule has 0 radical (unpaired) electrons. The molecule has 1 aromatic rings. The summed E-state index contributed by atoms with van der Waals surface area (Å²) in [5.74, 6) is 0.384. The second kappa shape index (κ2) is 6.79. The van der Waals surface area contributed by atoms with Crippen LogP contribution >= 0.6 is 0 Å². The minimum Gasteiger partial charge on any atom is -0.507 e. The lowest BCUT2D eigenvalue weighted by molar-refractivity contribution is -0.527. The fraction of sp³-hybridized carbons (Fsp3) is 0.235. The number of fused-ring (bicyclic) bond motifs is 1. The van der Waals surface area contributed by atoms with Gasteiger partial charge in [0.25, 0.3) is 5.91 Å². The molecule has 1 aromatic carbocycles. The minimum absolute atomic E-state index is 0.0968. The van der Waals surface area contributed by atoms with Crippen molar-refractivity contribution in [2.45, 2.75) is 6.04 Å². The molecule has 1 atom stereocenters. The molecule has 26 heavy (non-hydrogen) atoms. The number of hydrogen-bond acceptors (Lipinski definition) is 6. The van der Waals surface area contributed by atoms with Gasteiger partial charge in [0.1, 0.15) is 5.75 Å². The molecule has 9 nitrogen and oxygen atoms in total. The monoisotopic (exact) mass is 355 g/mol. The molecule has 0 bridgehead atoms. The van der Waals surface area contributed by atoms with Gasteiger partial charge in [-0.2, -0.15) is 5.43 Å². The molecule has 3 rings (SSSR count). The molecule has 134 valence electrons. The smallest absolute Gasteiger partial charge is 0.414 e. The molecule has 1 unspecified atom stereocenters. The highest BCUT2D eigenvalue weighted by Gasteiger charge is 2.51. The van der Waals surface area contributed by atoms with Gasteiger partial charge in [0.2, 0.25) is 11.9 Å². The third-order valence-corrected chi connectivity index (χ3v) is 4.16. The average Bonchev–Trinajstić information content (AvgIpc) is 2.99. The van der Waals surface area contributed by atoms with Gasteiger partial charge in [-0.05, 0) is 12.1 Å². The summed E-state index contributed by atoms with van der Waals surface area (Å²) in [6, 6.07) is 5.59. The quantitative estimate of drug-likeness (QED) is 0.348. The van der Waals surface area contributed by atoms with Crippen LogP contribution in [0.3, 0.4) is 0 Å². The zero-order chi connectivity index (χ0) is 18.8. The Morgan fingerprint density at radius 3 is 2.77 bits per heavy atom. The number of urea groups is 1. The number of hydrogen-bond donors (Lipinski definition) is 2. The Kier molecular flexibility index (Phi) is 4.53. The molecule has 0 spiro atoms. The standard InChI is InChI=1S/C17H18N6O3/c1-4-9-23-13-14(21(2)17(26)22(3)15(13)25)19-16(23)20-18-10-11-7-5-6-8-12(11)24/h4-8,10,13H,1,9H2,2-3H3,(H,18,24)/p+1. The number of guanidine groups is 1. The summed E-state index contributed by atoms with van der Waals surface area (Å²) in [4.78, 5) is 31.4. The number of para-hydroxylation sites is 1. The van der Waals surface area contributed by atoms with Crippen molar-refractivity contribution in [1.29, 1.82) is 0 Å². The first-order chi connectivity index (χ1) is 12.5. The Morgan fingerprint density at radius 1 is 1.35 bits per heavy atom. The number of imide groups is 1. The van der Waals surface area contributed by atoms with Crippen molar-refractivity contribution < 1.29 is 19.3 Å². The highest BCUT2D eigenvalue weighted by molar-refractivity contribution is 6.22. The van der Waals surface area contributed by atoms with Gasteiger partial charge in [0.15, 0.2) is 0 Å². The molecule has 2 aliphatic rings. The SMILES string of the molecule is C=CC[N+]1=C(N/N=C/c2ccccc2O)N=C2C1C(=O)N(C)C(=O)N2C. The molecule has 0 aromatic heterocycles. The van der Waals surface area contributed by atoms with Crippen molar-refractivity contribution in [2.24, 2.45) is 10.1 Å². The van der Waals surface area contributed by atoms with E-state index in [2.05, 4.69) is 22.1 Å². The summed E-state index contributed by atoms with van der Waals surface area (Å²) in [6.07, 6.45) is 3.08. The van der Waals surface area contributed by atoms with E-state index in [0.29, 0.717) is 23.9 Å². The fourth-order valence-electron chi connectivity index (χ4n) is 2.77. The third-order valence-electron chi connectivity index (χ3n) is 4.16. The van der Waals surface area contributed by atoms with Crippen molar-refractivity contribution in [3.05, 3.63) is 42.5 Å². The van der Waals surface area contributed by atoms with Gasteiger partial charge in [-0.1, -0.05) is 29.8 Å². The van der Waals surface area contributed by atoms with Crippen molar-refractivity contribution in [1.82, 2.24) is 15.2 Å². The topological polar surface area (TPSA) is 101 Å². The van der Waals surface area contributed by atoms with E-state index < -0.39 is 12.1 Å². The van der Waals surface area contributed by atoms with E-state index in [9.17, 15) is 14.7 Å². The maximum atomic E-state index is 12.5. The molecule has 9 heteroatoms. The summed E-state index contributed by atoms with van der Waals surface area (Å²) < 4.78 is 1.67. The number of aromatic hydroxyl groups is 1. The van der Waals surface area contributed by atoms with Crippen molar-refractivity contribution in [3.63, 3.8) is 0 Å². The second-order valence-corrected chi connectivity index (χ2v) is 5.80. The van der Waals surface area contributed by atoms with Gasteiger partial charge >= 0.3 is 12.0 Å². The number of amidine groups is 1. The molecule has 0 aliphatic carbocycles. The van der Waals surface area contributed by atoms with Gasteiger partial charge in [-0.15, -0.1) is 5.10 Å². The van der Waals surface area contributed by atoms with Crippen LogP contribution in [0, 0.1) is 0 Å². The summed E-state index contributed by atoms with van der Waals surface area (Å²) in [7, 11) is 3.00. The average molecular weight is 355 g/mol. The lowest BCUT2D eigenvalue weighted by Gasteiger charge is -2.31. The summed E-state index contributed by atoms with van der Waals surface area (Å²) in [6.45, 7) is 4.04. The Hall–Kier alpha value is -3.49. The van der Waals surface area contributed by atoms with Crippen LogP contribution in [0.1, 0.15) is 5.56 Å². The van der Waals surface area contributed by atoms with Crippen LogP contribution in [0.2, 0.25) is 0 Å². The third kappa shape index (κ3) is 2.83. The number of nitrogens with one attached hydrogen (secondary N) is 1. The first kappa shape index (κ1) is 17.3. The highest BCUT2D eigenvalue weighted by atomic mass is 16.3. The lowest BCUT2D eigenvalue weighted by Crippen LogP contribution is -2.61. The summed E-state index contributed by atoms with van der Waals surface area (Å²) in [5.41, 5.74) is 3.31. The number of carbonyl (C=O) groups is 2. The molecule has 3 amide bonds. The van der Waals surface area contributed by atoms with E-state index in [1.165, 1.54) is 18.2 Å². The maximum absolute atomic E-state index is 12.5. The van der Waals surface area contributed by atoms with Crippen molar-refractivity contribution in [2.75, 3.05) is 20.6 Å². The molecule has 1 saturated heterocycles. The predicted octanol–water partition coefficient (Wildman–Crippen LogP) is 0.175. The zero-order valence-corrected chi connectivity index (χ0v) is 14.5. The summed E-state index contributed by atoms with van der Waals surface area (Å²) in [5, 5.41) is 13.8. The number of carbonyl (C=O) groups excluding carboxylic acids is 2. The van der Waals surface area contributed by atoms with E-state index in [-0.39, 0.29) is 11.7 Å². The molecule has 0 saturated carbocycles. The number of rotatable bonds is 4. The molecule has 2 aliphatic heterocycles. The maximum Gasteiger partial charge on any atom is 0.414 e. The first-order valence-electron chi connectivity index (χ1n) is 7.91. The van der Waals surface area contributed by atoms with E-state index >= 15 is 0 Å². The molecule has 2 N–H and O–H groups in total. The van der Waals surface area contributed by atoms with E-state index in [1.54, 1.807) is 42.0 Å². The second-order valence-electron chi connectivity index (χ2n) is 5.80. The van der Waals surface area contributed by atoms with Crippen LogP contribution in [0.5, 0.6) is 5.75 Å². The van der Waals surface area contributed by atoms with Gasteiger partial charge in [0, 0.05) is 19.7 Å². The predicted molar refractivity (Wildman–Crippen MR) is 96.3 cm³/mol. The Bertz CT molecular complexity index is 873. The van der Waals surface area contributed by atoms with Gasteiger partial charge < -0.3 is 5.11 Å². The number of benzene rings is 1. The first-order valence-corrected chi connectivity index (χ1v) is 7.91. The van der Waals surface area contributed by atoms with E-state index in [0.717, 1.165) is 4.90 Å². The normalized spacial score (nSPS) is 19.9. The number of amides is 3. The lowest BCUT2D eigenvalue weighted by atomic mass is 10.1. The van der Waals surface area contributed by atoms with Crippen LogP contribution in [0.4, 0.5) is 4.79 Å². The van der Waals surface area contributed by atoms with Gasteiger partial charge in [-0.3, -0.25) is 14.6 Å².